The summed E-state index contributed by atoms with van der Waals surface area (Å²) >= 11 is 0. The number of carbonyl (C=O) groups excluding carboxylic acids is 2. The second kappa shape index (κ2) is 7.36. The maximum Gasteiger partial charge on any atom is 0.408 e. The van der Waals surface area contributed by atoms with Crippen LogP contribution in [0.5, 0.6) is 0 Å². The number of hydrogen-bond acceptors (Lipinski definition) is 4. The summed E-state index contributed by atoms with van der Waals surface area (Å²) in [5, 5.41) is 5.19. The molecule has 1 aliphatic carbocycles. The van der Waals surface area contributed by atoms with Crippen LogP contribution in [0.15, 0.2) is 0 Å². The van der Waals surface area contributed by atoms with Crippen LogP contribution in [0, 0.1) is 0 Å². The highest BCUT2D eigenvalue weighted by molar-refractivity contribution is 5.70. The molecular formula is C16H29FN2O4. The number of halogens is 1. The van der Waals surface area contributed by atoms with Gasteiger partial charge in [0.25, 0.3) is 0 Å². The van der Waals surface area contributed by atoms with Crippen molar-refractivity contribution in [2.75, 3.05) is 0 Å². The molecule has 2 amide bonds. The highest BCUT2D eigenvalue weighted by atomic mass is 19.1. The van der Waals surface area contributed by atoms with Crippen LogP contribution < -0.4 is 10.6 Å². The van der Waals surface area contributed by atoms with Gasteiger partial charge in [-0.25, -0.2) is 14.0 Å². The second-order valence-corrected chi connectivity index (χ2v) is 7.87. The van der Waals surface area contributed by atoms with Gasteiger partial charge in [0.05, 0.1) is 12.1 Å². The summed E-state index contributed by atoms with van der Waals surface area (Å²) in [5.41, 5.74) is -1.30. The molecule has 0 unspecified atom stereocenters. The van der Waals surface area contributed by atoms with E-state index >= 15 is 0 Å². The van der Waals surface area contributed by atoms with Crippen molar-refractivity contribution in [2.24, 2.45) is 0 Å². The van der Waals surface area contributed by atoms with Gasteiger partial charge in [0.2, 0.25) is 0 Å². The number of rotatable bonds is 2. The maximum atomic E-state index is 14.2. The summed E-state index contributed by atoms with van der Waals surface area (Å²) in [6.45, 7) is 10.5. The molecule has 2 N–H and O–H groups in total. The zero-order valence-corrected chi connectivity index (χ0v) is 14.9. The Kier molecular flexibility index (Phi) is 6.25. The lowest BCUT2D eigenvalue weighted by molar-refractivity contribution is 0.0344. The predicted octanol–water partition coefficient (Wildman–Crippen LogP) is 3.30. The number of alkyl carbamates (subject to hydrolysis) is 2. The fourth-order valence-electron chi connectivity index (χ4n) is 2.40. The van der Waals surface area contributed by atoms with E-state index in [0.717, 1.165) is 0 Å². The van der Waals surface area contributed by atoms with Crippen LogP contribution in [0.3, 0.4) is 0 Å². The Balaban J connectivity index is 2.68. The Morgan fingerprint density at radius 1 is 0.913 bits per heavy atom. The highest BCUT2D eigenvalue weighted by Crippen LogP contribution is 2.23. The molecule has 0 bridgehead atoms. The SMILES string of the molecule is CC(C)(C)OC(=O)N[C@H]1[C@H](F)CCC[C@H]1NC(=O)OC(C)(C)C. The zero-order valence-electron chi connectivity index (χ0n) is 14.9. The van der Waals surface area contributed by atoms with Crippen LogP contribution in [0.25, 0.3) is 0 Å². The van der Waals surface area contributed by atoms with E-state index in [2.05, 4.69) is 10.6 Å². The third kappa shape index (κ3) is 7.52. The minimum Gasteiger partial charge on any atom is -0.444 e. The molecule has 0 aromatic carbocycles. The van der Waals surface area contributed by atoms with Gasteiger partial charge in [-0.2, -0.15) is 0 Å². The third-order valence-corrected chi connectivity index (χ3v) is 3.20. The molecule has 0 aliphatic heterocycles. The first-order valence-electron chi connectivity index (χ1n) is 8.00. The molecule has 23 heavy (non-hydrogen) atoms. The van der Waals surface area contributed by atoms with Gasteiger partial charge in [0, 0.05) is 0 Å². The van der Waals surface area contributed by atoms with Crippen molar-refractivity contribution >= 4 is 12.2 Å². The topological polar surface area (TPSA) is 76.7 Å². The van der Waals surface area contributed by atoms with Crippen molar-refractivity contribution in [3.63, 3.8) is 0 Å². The summed E-state index contributed by atoms with van der Waals surface area (Å²) in [6, 6.07) is -1.35. The second-order valence-electron chi connectivity index (χ2n) is 7.87. The molecule has 0 radical (unpaired) electrons. The molecule has 1 fully saturated rings. The standard InChI is InChI=1S/C16H29FN2O4/c1-15(2,3)22-13(20)18-11-9-7-8-10(17)12(11)19-14(21)23-16(4,5)6/h10-12H,7-9H2,1-6H3,(H,18,20)(H,19,21)/t10-,11-,12+/m1/s1. The number of alkyl halides is 1. The van der Waals surface area contributed by atoms with Crippen LogP contribution in [-0.2, 0) is 9.47 Å². The first-order valence-corrected chi connectivity index (χ1v) is 8.00. The number of hydrogen-bond donors (Lipinski definition) is 2. The van der Waals surface area contributed by atoms with E-state index in [4.69, 9.17) is 9.47 Å². The number of nitrogens with one attached hydrogen (secondary N) is 2. The number of ether oxygens (including phenoxy) is 2. The predicted molar refractivity (Wildman–Crippen MR) is 85.1 cm³/mol. The molecule has 0 aromatic rings. The van der Waals surface area contributed by atoms with Gasteiger partial charge in [-0.1, -0.05) is 0 Å². The van der Waals surface area contributed by atoms with Gasteiger partial charge in [0.15, 0.2) is 0 Å². The molecule has 1 aliphatic rings. The van der Waals surface area contributed by atoms with Gasteiger partial charge in [-0.05, 0) is 60.8 Å². The van der Waals surface area contributed by atoms with Crippen LogP contribution in [-0.4, -0.2) is 41.6 Å². The minimum absolute atomic E-state index is 0.340. The largest absolute Gasteiger partial charge is 0.444 e. The lowest BCUT2D eigenvalue weighted by Gasteiger charge is -2.36. The Morgan fingerprint density at radius 3 is 1.87 bits per heavy atom. The average Bonchev–Trinajstić information content (AvgIpc) is 2.28. The van der Waals surface area contributed by atoms with Crippen LogP contribution in [0.1, 0.15) is 60.8 Å². The van der Waals surface area contributed by atoms with Gasteiger partial charge in [0.1, 0.15) is 17.4 Å². The average molecular weight is 332 g/mol. The van der Waals surface area contributed by atoms with Crippen molar-refractivity contribution in [3.8, 4) is 0 Å². The van der Waals surface area contributed by atoms with E-state index in [-0.39, 0.29) is 0 Å². The van der Waals surface area contributed by atoms with Crippen molar-refractivity contribution in [3.05, 3.63) is 0 Å². The third-order valence-electron chi connectivity index (χ3n) is 3.20. The minimum atomic E-state index is -1.24. The molecule has 134 valence electrons. The van der Waals surface area contributed by atoms with Crippen molar-refractivity contribution < 1.29 is 23.5 Å². The molecule has 3 atom stereocenters. The molecule has 6 nitrogen and oxygen atoms in total. The van der Waals surface area contributed by atoms with Crippen LogP contribution in [0.4, 0.5) is 14.0 Å². The summed E-state index contributed by atoms with van der Waals surface area (Å²) in [4.78, 5) is 23.8. The summed E-state index contributed by atoms with van der Waals surface area (Å²) in [5.74, 6) is 0. The smallest absolute Gasteiger partial charge is 0.408 e. The van der Waals surface area contributed by atoms with Gasteiger partial charge < -0.3 is 20.1 Å². The molecular weight excluding hydrogens is 303 g/mol. The quantitative estimate of drug-likeness (QED) is 0.813. The fraction of sp³-hybridized carbons (Fsp3) is 0.875. The Labute approximate surface area is 137 Å². The Hall–Kier alpha value is -1.53. The molecule has 1 saturated carbocycles. The van der Waals surface area contributed by atoms with E-state index in [1.165, 1.54) is 0 Å². The lowest BCUT2D eigenvalue weighted by Crippen LogP contribution is -2.58. The highest BCUT2D eigenvalue weighted by Gasteiger charge is 2.37. The first-order chi connectivity index (χ1) is 10.4. The number of amides is 2. The molecule has 0 saturated heterocycles. The molecule has 1 rings (SSSR count). The molecule has 0 aromatic heterocycles. The summed E-state index contributed by atoms with van der Waals surface area (Å²) < 4.78 is 24.6. The zero-order chi connectivity index (χ0) is 17.8. The Bertz CT molecular complexity index is 429. The lowest BCUT2D eigenvalue weighted by atomic mass is 9.89. The van der Waals surface area contributed by atoms with Gasteiger partial charge >= 0.3 is 12.2 Å². The van der Waals surface area contributed by atoms with Crippen LogP contribution in [0.2, 0.25) is 0 Å². The Morgan fingerprint density at radius 2 is 1.39 bits per heavy atom. The van der Waals surface area contributed by atoms with E-state index in [9.17, 15) is 14.0 Å². The molecule has 7 heteroatoms. The normalized spacial score (nSPS) is 25.4. The molecule has 0 heterocycles. The van der Waals surface area contributed by atoms with Gasteiger partial charge in [-0.3, -0.25) is 0 Å². The summed E-state index contributed by atoms with van der Waals surface area (Å²) in [7, 11) is 0. The van der Waals surface area contributed by atoms with E-state index in [1.54, 1.807) is 41.5 Å². The van der Waals surface area contributed by atoms with Crippen LogP contribution >= 0.6 is 0 Å². The first kappa shape index (κ1) is 19.5. The molecule has 0 spiro atoms. The monoisotopic (exact) mass is 332 g/mol. The van der Waals surface area contributed by atoms with Crippen molar-refractivity contribution in [2.45, 2.75) is 90.3 Å². The van der Waals surface area contributed by atoms with Gasteiger partial charge in [-0.15, -0.1) is 0 Å². The van der Waals surface area contributed by atoms with Crippen molar-refractivity contribution in [1.82, 2.24) is 10.6 Å². The van der Waals surface area contributed by atoms with E-state index in [1.807, 2.05) is 0 Å². The van der Waals surface area contributed by atoms with E-state index in [0.29, 0.717) is 19.3 Å². The fourth-order valence-corrected chi connectivity index (χ4v) is 2.40. The van der Waals surface area contributed by atoms with E-state index < -0.39 is 41.6 Å². The summed E-state index contributed by atoms with van der Waals surface area (Å²) in [6.07, 6.45) is -1.01. The number of carbonyl (C=O) groups is 2. The van der Waals surface area contributed by atoms with Crippen molar-refractivity contribution in [1.29, 1.82) is 0 Å². The maximum absolute atomic E-state index is 14.2.